The molecule has 1 unspecified atom stereocenters. The Morgan fingerprint density at radius 3 is 3.11 bits per heavy atom. The first kappa shape index (κ1) is 13.1. The lowest BCUT2D eigenvalue weighted by molar-refractivity contribution is -0.0262. The Morgan fingerprint density at radius 2 is 2.39 bits per heavy atom. The number of morpholine rings is 1. The number of hydrogen-bond donors (Lipinski definition) is 2. The van der Waals surface area contributed by atoms with Gasteiger partial charge in [0.15, 0.2) is 11.5 Å². The Bertz CT molecular complexity index is 398. The zero-order chi connectivity index (χ0) is 13.0. The molecule has 5 nitrogen and oxygen atoms in total. The Morgan fingerprint density at radius 1 is 1.56 bits per heavy atom. The highest BCUT2D eigenvalue weighted by atomic mass is 16.5. The van der Waals surface area contributed by atoms with E-state index in [1.54, 1.807) is 13.2 Å². The van der Waals surface area contributed by atoms with Crippen molar-refractivity contribution < 1.29 is 14.6 Å². The zero-order valence-electron chi connectivity index (χ0n) is 10.6. The molecule has 0 amide bonds. The molecule has 1 saturated heterocycles. The standard InChI is InChI=1S/C13H20N2O3/c1-17-12-4-2-3-10(13(12)16)8-15-5-6-18-11(7-14)9-15/h2-4,11,16H,5-9,14H2,1H3. The number of rotatable bonds is 4. The molecule has 0 saturated carbocycles. The molecule has 5 heteroatoms. The zero-order valence-corrected chi connectivity index (χ0v) is 10.6. The predicted molar refractivity (Wildman–Crippen MR) is 68.7 cm³/mol. The van der Waals surface area contributed by atoms with Crippen LogP contribution in [-0.4, -0.2) is 49.5 Å². The summed E-state index contributed by atoms with van der Waals surface area (Å²) in [5.41, 5.74) is 6.48. The van der Waals surface area contributed by atoms with Gasteiger partial charge < -0.3 is 20.3 Å². The molecule has 1 fully saturated rings. The quantitative estimate of drug-likeness (QED) is 0.819. The van der Waals surface area contributed by atoms with Gasteiger partial charge >= 0.3 is 0 Å². The summed E-state index contributed by atoms with van der Waals surface area (Å²) in [5.74, 6) is 0.729. The highest BCUT2D eigenvalue weighted by Crippen LogP contribution is 2.30. The molecule has 1 atom stereocenters. The number of phenols is 1. The summed E-state index contributed by atoms with van der Waals surface area (Å²) in [4.78, 5) is 2.23. The van der Waals surface area contributed by atoms with E-state index < -0.39 is 0 Å². The van der Waals surface area contributed by atoms with Crippen LogP contribution in [0, 0.1) is 0 Å². The summed E-state index contributed by atoms with van der Waals surface area (Å²) in [7, 11) is 1.55. The number of hydrogen-bond acceptors (Lipinski definition) is 5. The molecule has 1 aromatic rings. The fraction of sp³-hybridized carbons (Fsp3) is 0.538. The van der Waals surface area contributed by atoms with Crippen molar-refractivity contribution in [2.45, 2.75) is 12.6 Å². The van der Waals surface area contributed by atoms with Crippen molar-refractivity contribution in [3.8, 4) is 11.5 Å². The number of phenolic OH excluding ortho intramolecular Hbond substituents is 1. The molecular weight excluding hydrogens is 232 g/mol. The van der Waals surface area contributed by atoms with E-state index in [1.165, 1.54) is 0 Å². The number of nitrogens with zero attached hydrogens (tertiary/aromatic N) is 1. The van der Waals surface area contributed by atoms with Crippen molar-refractivity contribution >= 4 is 0 Å². The van der Waals surface area contributed by atoms with E-state index in [-0.39, 0.29) is 11.9 Å². The molecule has 0 aromatic heterocycles. The Balaban J connectivity index is 2.04. The second-order valence-corrected chi connectivity index (χ2v) is 4.43. The first-order valence-electron chi connectivity index (χ1n) is 6.13. The van der Waals surface area contributed by atoms with E-state index in [1.807, 2.05) is 12.1 Å². The van der Waals surface area contributed by atoms with Gasteiger partial charge in [-0.3, -0.25) is 4.90 Å². The van der Waals surface area contributed by atoms with E-state index in [0.29, 0.717) is 25.4 Å². The molecule has 0 spiro atoms. The summed E-state index contributed by atoms with van der Waals surface area (Å²) < 4.78 is 10.6. The van der Waals surface area contributed by atoms with Crippen LogP contribution < -0.4 is 10.5 Å². The predicted octanol–water partition coefficient (Wildman–Crippen LogP) is 0.560. The maximum absolute atomic E-state index is 10.0. The first-order chi connectivity index (χ1) is 8.74. The van der Waals surface area contributed by atoms with Gasteiger partial charge in [-0.1, -0.05) is 12.1 Å². The van der Waals surface area contributed by atoms with E-state index in [0.717, 1.165) is 18.7 Å². The van der Waals surface area contributed by atoms with Gasteiger partial charge in [-0.05, 0) is 6.07 Å². The van der Waals surface area contributed by atoms with Gasteiger partial charge in [-0.25, -0.2) is 0 Å². The monoisotopic (exact) mass is 252 g/mol. The molecule has 0 bridgehead atoms. The molecule has 1 heterocycles. The van der Waals surface area contributed by atoms with Crippen LogP contribution in [0.2, 0.25) is 0 Å². The average Bonchev–Trinajstić information content (AvgIpc) is 2.41. The molecule has 100 valence electrons. The lowest BCUT2D eigenvalue weighted by Crippen LogP contribution is -2.45. The molecule has 18 heavy (non-hydrogen) atoms. The van der Waals surface area contributed by atoms with Gasteiger partial charge in [0.2, 0.25) is 0 Å². The molecule has 1 aliphatic heterocycles. The van der Waals surface area contributed by atoms with Crippen molar-refractivity contribution in [3.05, 3.63) is 23.8 Å². The van der Waals surface area contributed by atoms with Crippen molar-refractivity contribution in [2.75, 3.05) is 33.4 Å². The van der Waals surface area contributed by atoms with E-state index >= 15 is 0 Å². The fourth-order valence-electron chi connectivity index (χ4n) is 2.17. The Kier molecular flexibility index (Phi) is 4.41. The van der Waals surface area contributed by atoms with Crippen molar-refractivity contribution in [2.24, 2.45) is 5.73 Å². The van der Waals surface area contributed by atoms with Gasteiger partial charge in [0.1, 0.15) is 0 Å². The smallest absolute Gasteiger partial charge is 0.162 e. The Labute approximate surface area is 107 Å². The van der Waals surface area contributed by atoms with Gasteiger partial charge in [0, 0.05) is 31.7 Å². The third kappa shape index (κ3) is 2.93. The summed E-state index contributed by atoms with van der Waals surface area (Å²) in [6.45, 7) is 3.55. The molecule has 0 radical (unpaired) electrons. The van der Waals surface area contributed by atoms with Crippen molar-refractivity contribution in [1.82, 2.24) is 4.90 Å². The summed E-state index contributed by atoms with van der Waals surface area (Å²) in [6, 6.07) is 5.54. The van der Waals surface area contributed by atoms with Crippen LogP contribution in [0.4, 0.5) is 0 Å². The molecule has 2 rings (SSSR count). The van der Waals surface area contributed by atoms with E-state index in [4.69, 9.17) is 15.2 Å². The van der Waals surface area contributed by atoms with Crippen LogP contribution in [-0.2, 0) is 11.3 Å². The minimum Gasteiger partial charge on any atom is -0.504 e. The Hall–Kier alpha value is -1.30. The van der Waals surface area contributed by atoms with Gasteiger partial charge in [0.05, 0.1) is 19.8 Å². The highest BCUT2D eigenvalue weighted by molar-refractivity contribution is 5.45. The lowest BCUT2D eigenvalue weighted by atomic mass is 10.1. The second-order valence-electron chi connectivity index (χ2n) is 4.43. The topological polar surface area (TPSA) is 68.0 Å². The number of nitrogens with two attached hydrogens (primary N) is 1. The van der Waals surface area contributed by atoms with Gasteiger partial charge in [0.25, 0.3) is 0 Å². The fourth-order valence-corrected chi connectivity index (χ4v) is 2.17. The molecular formula is C13H20N2O3. The van der Waals surface area contributed by atoms with Crippen LogP contribution in [0.1, 0.15) is 5.56 Å². The minimum absolute atomic E-state index is 0.0894. The molecule has 1 aliphatic rings. The van der Waals surface area contributed by atoms with Gasteiger partial charge in [-0.2, -0.15) is 0 Å². The van der Waals surface area contributed by atoms with E-state index in [2.05, 4.69) is 4.90 Å². The summed E-state index contributed by atoms with van der Waals surface area (Å²) in [6.07, 6.45) is 0.0894. The van der Waals surface area contributed by atoms with Crippen LogP contribution in [0.3, 0.4) is 0 Å². The van der Waals surface area contributed by atoms with Crippen LogP contribution in [0.25, 0.3) is 0 Å². The maximum Gasteiger partial charge on any atom is 0.162 e. The maximum atomic E-state index is 10.0. The van der Waals surface area contributed by atoms with Gasteiger partial charge in [-0.15, -0.1) is 0 Å². The second kappa shape index (κ2) is 6.04. The normalized spacial score (nSPS) is 20.9. The number of benzene rings is 1. The minimum atomic E-state index is 0.0894. The highest BCUT2D eigenvalue weighted by Gasteiger charge is 2.20. The SMILES string of the molecule is COc1cccc(CN2CCOC(CN)C2)c1O. The largest absolute Gasteiger partial charge is 0.504 e. The molecule has 0 aliphatic carbocycles. The van der Waals surface area contributed by atoms with Crippen LogP contribution >= 0.6 is 0 Å². The van der Waals surface area contributed by atoms with Crippen LogP contribution in [0.5, 0.6) is 11.5 Å². The third-order valence-corrected chi connectivity index (χ3v) is 3.18. The molecule has 3 N–H and O–H groups in total. The van der Waals surface area contributed by atoms with Crippen molar-refractivity contribution in [3.63, 3.8) is 0 Å². The number of aromatic hydroxyl groups is 1. The summed E-state index contributed by atoms with van der Waals surface area (Å²) in [5, 5.41) is 10.0. The number of ether oxygens (including phenoxy) is 2. The van der Waals surface area contributed by atoms with Crippen LogP contribution in [0.15, 0.2) is 18.2 Å². The summed E-state index contributed by atoms with van der Waals surface area (Å²) >= 11 is 0. The molecule has 1 aromatic carbocycles. The number of para-hydroxylation sites is 1. The van der Waals surface area contributed by atoms with E-state index in [9.17, 15) is 5.11 Å². The first-order valence-corrected chi connectivity index (χ1v) is 6.13. The van der Waals surface area contributed by atoms with Crippen molar-refractivity contribution in [1.29, 1.82) is 0 Å². The number of methoxy groups -OCH3 is 1. The average molecular weight is 252 g/mol. The third-order valence-electron chi connectivity index (χ3n) is 3.18. The lowest BCUT2D eigenvalue weighted by Gasteiger charge is -2.32.